The Labute approximate surface area is 134 Å². The average Bonchev–Trinajstić information content (AvgIpc) is 2.98. The van der Waals surface area contributed by atoms with Crippen LogP contribution in [0.15, 0.2) is 24.4 Å². The molecule has 7 heteroatoms. The Bertz CT molecular complexity index is 616. The summed E-state index contributed by atoms with van der Waals surface area (Å²) in [6, 6.07) is 3.99. The van der Waals surface area contributed by atoms with Crippen LogP contribution in [0.4, 0.5) is 8.78 Å². The normalized spacial score (nSPS) is 21.8. The summed E-state index contributed by atoms with van der Waals surface area (Å²) in [6.45, 7) is 4.35. The standard InChI is InChI=1S/C15H18F2N4.ClH/c1-9-6-21(8-13(9)18)7-10-5-19-20-15(10)14-11(16)3-2-4-12(14)17;/h2-5,9,13H,6-8,18H2,1H3,(H,19,20);1H. The highest BCUT2D eigenvalue weighted by atomic mass is 35.5. The Morgan fingerprint density at radius 2 is 2.00 bits per heavy atom. The van der Waals surface area contributed by atoms with E-state index in [9.17, 15) is 8.78 Å². The smallest absolute Gasteiger partial charge is 0.135 e. The maximum atomic E-state index is 13.9. The Kier molecular flexibility index (Phi) is 5.16. The zero-order chi connectivity index (χ0) is 15.0. The van der Waals surface area contributed by atoms with Gasteiger partial charge in [0, 0.05) is 31.2 Å². The molecule has 1 aromatic carbocycles. The van der Waals surface area contributed by atoms with E-state index in [1.54, 1.807) is 6.20 Å². The number of halogens is 3. The van der Waals surface area contributed by atoms with Crippen LogP contribution < -0.4 is 5.73 Å². The van der Waals surface area contributed by atoms with Crippen LogP contribution in [-0.2, 0) is 6.54 Å². The Balaban J connectivity index is 0.00000176. The van der Waals surface area contributed by atoms with Crippen LogP contribution in [0.25, 0.3) is 11.3 Å². The van der Waals surface area contributed by atoms with Crippen LogP contribution in [0.3, 0.4) is 0 Å². The van der Waals surface area contributed by atoms with Crippen molar-refractivity contribution in [2.45, 2.75) is 19.5 Å². The lowest BCUT2D eigenvalue weighted by Gasteiger charge is -2.15. The summed E-state index contributed by atoms with van der Waals surface area (Å²) in [4.78, 5) is 2.18. The van der Waals surface area contributed by atoms with Crippen molar-refractivity contribution in [2.75, 3.05) is 13.1 Å². The predicted molar refractivity (Wildman–Crippen MR) is 83.6 cm³/mol. The van der Waals surface area contributed by atoms with Crippen molar-refractivity contribution in [3.8, 4) is 11.3 Å². The molecule has 0 aliphatic carbocycles. The van der Waals surface area contributed by atoms with Gasteiger partial charge < -0.3 is 5.73 Å². The first-order chi connectivity index (χ1) is 10.1. The van der Waals surface area contributed by atoms with Gasteiger partial charge in [-0.05, 0) is 18.1 Å². The van der Waals surface area contributed by atoms with E-state index < -0.39 is 11.6 Å². The van der Waals surface area contributed by atoms with Gasteiger partial charge in [0.25, 0.3) is 0 Å². The van der Waals surface area contributed by atoms with Gasteiger partial charge in [0.1, 0.15) is 11.6 Å². The molecule has 1 fully saturated rings. The van der Waals surface area contributed by atoms with Crippen molar-refractivity contribution in [2.24, 2.45) is 11.7 Å². The van der Waals surface area contributed by atoms with E-state index in [0.717, 1.165) is 18.7 Å². The quantitative estimate of drug-likeness (QED) is 0.910. The molecule has 1 aliphatic heterocycles. The molecule has 1 aliphatic rings. The topological polar surface area (TPSA) is 57.9 Å². The van der Waals surface area contributed by atoms with Crippen LogP contribution in [0.5, 0.6) is 0 Å². The highest BCUT2D eigenvalue weighted by molar-refractivity contribution is 5.85. The number of likely N-dealkylation sites (tertiary alicyclic amines) is 1. The first kappa shape index (κ1) is 16.9. The van der Waals surface area contributed by atoms with Crippen LogP contribution in [-0.4, -0.2) is 34.2 Å². The second-order valence-corrected chi connectivity index (χ2v) is 5.70. The van der Waals surface area contributed by atoms with Crippen LogP contribution >= 0.6 is 12.4 Å². The van der Waals surface area contributed by atoms with Gasteiger partial charge in [0.15, 0.2) is 0 Å². The highest BCUT2D eigenvalue weighted by Gasteiger charge is 2.27. The number of hydrogen-bond acceptors (Lipinski definition) is 3. The number of H-pyrrole nitrogens is 1. The van der Waals surface area contributed by atoms with Gasteiger partial charge in [-0.2, -0.15) is 5.10 Å². The summed E-state index contributed by atoms with van der Waals surface area (Å²) in [5.74, 6) is -0.760. The molecule has 1 aromatic heterocycles. The number of benzene rings is 1. The lowest BCUT2D eigenvalue weighted by molar-refractivity contribution is 0.319. The van der Waals surface area contributed by atoms with Gasteiger partial charge in [0.05, 0.1) is 17.5 Å². The van der Waals surface area contributed by atoms with Gasteiger partial charge >= 0.3 is 0 Å². The molecule has 0 spiro atoms. The summed E-state index contributed by atoms with van der Waals surface area (Å²) in [5.41, 5.74) is 7.14. The molecule has 0 radical (unpaired) electrons. The maximum Gasteiger partial charge on any atom is 0.135 e. The first-order valence-electron chi connectivity index (χ1n) is 7.01. The summed E-state index contributed by atoms with van der Waals surface area (Å²) in [6.07, 6.45) is 1.62. The molecule has 0 saturated carbocycles. The highest BCUT2D eigenvalue weighted by Crippen LogP contribution is 2.28. The lowest BCUT2D eigenvalue weighted by atomic mass is 10.1. The number of rotatable bonds is 3. The van der Waals surface area contributed by atoms with E-state index in [-0.39, 0.29) is 24.0 Å². The lowest BCUT2D eigenvalue weighted by Crippen LogP contribution is -2.28. The molecule has 0 bridgehead atoms. The Morgan fingerprint density at radius 1 is 1.32 bits per heavy atom. The molecule has 2 atom stereocenters. The zero-order valence-electron chi connectivity index (χ0n) is 12.2. The summed E-state index contributed by atoms with van der Waals surface area (Å²) in [5, 5.41) is 6.66. The molecule has 4 nitrogen and oxygen atoms in total. The minimum Gasteiger partial charge on any atom is -0.326 e. The van der Waals surface area contributed by atoms with E-state index in [1.807, 2.05) is 0 Å². The van der Waals surface area contributed by atoms with Crippen LogP contribution in [0, 0.1) is 17.6 Å². The third kappa shape index (κ3) is 3.14. The van der Waals surface area contributed by atoms with Crippen molar-refractivity contribution in [3.63, 3.8) is 0 Å². The van der Waals surface area contributed by atoms with E-state index >= 15 is 0 Å². The molecule has 3 N–H and O–H groups in total. The van der Waals surface area contributed by atoms with Gasteiger partial charge in [-0.1, -0.05) is 13.0 Å². The van der Waals surface area contributed by atoms with Crippen molar-refractivity contribution >= 4 is 12.4 Å². The molecule has 22 heavy (non-hydrogen) atoms. The SMILES string of the molecule is CC1CN(Cc2cn[nH]c2-c2c(F)cccc2F)CC1N.Cl. The third-order valence-corrected chi connectivity index (χ3v) is 4.07. The monoisotopic (exact) mass is 328 g/mol. The van der Waals surface area contributed by atoms with E-state index in [2.05, 4.69) is 22.0 Å². The maximum absolute atomic E-state index is 13.9. The number of nitrogens with zero attached hydrogens (tertiary/aromatic N) is 2. The van der Waals surface area contributed by atoms with Gasteiger partial charge in [0.2, 0.25) is 0 Å². The summed E-state index contributed by atoms with van der Waals surface area (Å²) in [7, 11) is 0. The van der Waals surface area contributed by atoms with Gasteiger partial charge in [-0.15, -0.1) is 12.4 Å². The number of hydrogen-bond donors (Lipinski definition) is 2. The summed E-state index contributed by atoms with van der Waals surface area (Å²) < 4.78 is 27.8. The second kappa shape index (κ2) is 6.73. The van der Waals surface area contributed by atoms with Crippen molar-refractivity contribution in [1.82, 2.24) is 15.1 Å². The van der Waals surface area contributed by atoms with Crippen molar-refractivity contribution < 1.29 is 8.78 Å². The molecule has 2 aromatic rings. The van der Waals surface area contributed by atoms with E-state index in [1.165, 1.54) is 18.2 Å². The van der Waals surface area contributed by atoms with E-state index in [0.29, 0.717) is 18.2 Å². The van der Waals surface area contributed by atoms with Crippen LogP contribution in [0.1, 0.15) is 12.5 Å². The summed E-state index contributed by atoms with van der Waals surface area (Å²) >= 11 is 0. The number of aromatic amines is 1. The molecular weight excluding hydrogens is 310 g/mol. The number of nitrogens with two attached hydrogens (primary N) is 1. The third-order valence-electron chi connectivity index (χ3n) is 4.07. The zero-order valence-corrected chi connectivity index (χ0v) is 13.0. The molecule has 2 heterocycles. The van der Waals surface area contributed by atoms with Crippen LogP contribution in [0.2, 0.25) is 0 Å². The van der Waals surface area contributed by atoms with Gasteiger partial charge in [-0.3, -0.25) is 10.00 Å². The second-order valence-electron chi connectivity index (χ2n) is 5.70. The fourth-order valence-electron chi connectivity index (χ4n) is 2.85. The molecule has 1 saturated heterocycles. The van der Waals surface area contributed by atoms with Crippen molar-refractivity contribution in [3.05, 3.63) is 41.6 Å². The number of nitrogens with one attached hydrogen (secondary N) is 1. The Morgan fingerprint density at radius 3 is 2.59 bits per heavy atom. The first-order valence-corrected chi connectivity index (χ1v) is 7.01. The number of aromatic nitrogens is 2. The van der Waals surface area contributed by atoms with Crippen molar-refractivity contribution in [1.29, 1.82) is 0 Å². The Hall–Kier alpha value is -1.50. The average molecular weight is 329 g/mol. The fraction of sp³-hybridized carbons (Fsp3) is 0.400. The predicted octanol–water partition coefficient (Wildman–Crippen LogP) is 2.56. The molecule has 2 unspecified atom stereocenters. The molecule has 0 amide bonds. The largest absolute Gasteiger partial charge is 0.326 e. The minimum absolute atomic E-state index is 0. The van der Waals surface area contributed by atoms with Gasteiger partial charge in [-0.25, -0.2) is 8.78 Å². The fourth-order valence-corrected chi connectivity index (χ4v) is 2.85. The molecule has 120 valence electrons. The van der Waals surface area contributed by atoms with E-state index in [4.69, 9.17) is 5.73 Å². The molecule has 3 rings (SSSR count). The minimum atomic E-state index is -0.591. The molecular formula is C15H19ClF2N4.